The van der Waals surface area contributed by atoms with Gasteiger partial charge >= 0.3 is 7.60 Å². The molecular formula is C16H31O7P. The molecule has 0 saturated carbocycles. The molecule has 24 heavy (non-hydrogen) atoms. The summed E-state index contributed by atoms with van der Waals surface area (Å²) in [4.78, 5) is 0. The van der Waals surface area contributed by atoms with E-state index in [0.29, 0.717) is 6.61 Å². The summed E-state index contributed by atoms with van der Waals surface area (Å²) in [5.74, 6) is -0.624. The maximum absolute atomic E-state index is 13.2. The summed E-state index contributed by atoms with van der Waals surface area (Å²) >= 11 is 0. The zero-order valence-corrected chi connectivity index (χ0v) is 16.8. The standard InChI is InChI=1S/C16H31O7P/c1-12-13(21-11-14(12)18-6)9-10-24(17,22-15(2,3)19-7)23-16(4,5)20-8/h9-10,12-14H,11H2,1-8H3/b10-9+/t12-,13-,14+/m1/s1. The smallest absolute Gasteiger partial charge is 0.358 e. The molecule has 0 bridgehead atoms. The lowest BCUT2D eigenvalue weighted by molar-refractivity contribution is -0.171. The lowest BCUT2D eigenvalue weighted by Crippen LogP contribution is -2.30. The van der Waals surface area contributed by atoms with E-state index in [1.54, 1.807) is 40.9 Å². The Morgan fingerprint density at radius 1 is 1.04 bits per heavy atom. The monoisotopic (exact) mass is 366 g/mol. The van der Waals surface area contributed by atoms with Crippen molar-refractivity contribution in [3.8, 4) is 0 Å². The van der Waals surface area contributed by atoms with Crippen LogP contribution in [0.4, 0.5) is 0 Å². The molecule has 0 amide bonds. The van der Waals surface area contributed by atoms with Crippen LogP contribution in [0.5, 0.6) is 0 Å². The predicted octanol–water partition coefficient (Wildman–Crippen LogP) is 3.54. The summed E-state index contributed by atoms with van der Waals surface area (Å²) < 4.78 is 45.9. The molecule has 0 unspecified atom stereocenters. The first-order valence-corrected chi connectivity index (χ1v) is 9.54. The Kier molecular flexibility index (Phi) is 7.63. The Labute approximate surface area is 145 Å². The van der Waals surface area contributed by atoms with Crippen molar-refractivity contribution in [1.82, 2.24) is 0 Å². The molecule has 1 fully saturated rings. The van der Waals surface area contributed by atoms with Crippen LogP contribution in [-0.2, 0) is 32.6 Å². The van der Waals surface area contributed by atoms with E-state index in [1.807, 2.05) is 6.92 Å². The molecule has 1 heterocycles. The molecule has 7 nitrogen and oxygen atoms in total. The van der Waals surface area contributed by atoms with Crippen molar-refractivity contribution in [2.75, 3.05) is 27.9 Å². The van der Waals surface area contributed by atoms with E-state index < -0.39 is 19.2 Å². The van der Waals surface area contributed by atoms with Gasteiger partial charge in [-0.25, -0.2) is 0 Å². The first-order chi connectivity index (χ1) is 11.0. The fourth-order valence-corrected chi connectivity index (χ4v) is 4.11. The Balaban J connectivity index is 2.97. The van der Waals surface area contributed by atoms with Gasteiger partial charge in [0.15, 0.2) is 11.6 Å². The third-order valence-electron chi connectivity index (χ3n) is 4.00. The second-order valence-corrected chi connectivity index (χ2v) is 8.45. The van der Waals surface area contributed by atoms with Crippen LogP contribution >= 0.6 is 7.60 Å². The molecule has 0 radical (unpaired) electrons. The van der Waals surface area contributed by atoms with Crippen LogP contribution < -0.4 is 0 Å². The molecule has 0 aromatic carbocycles. The summed E-state index contributed by atoms with van der Waals surface area (Å²) in [5.41, 5.74) is 0. The third kappa shape index (κ3) is 6.23. The van der Waals surface area contributed by atoms with Gasteiger partial charge in [-0.05, 0) is 33.8 Å². The minimum atomic E-state index is -3.65. The zero-order valence-electron chi connectivity index (χ0n) is 15.9. The van der Waals surface area contributed by atoms with Crippen LogP contribution in [0.3, 0.4) is 0 Å². The summed E-state index contributed by atoms with van der Waals surface area (Å²) in [5, 5.41) is 0. The Hall–Kier alpha value is -0.270. The highest BCUT2D eigenvalue weighted by atomic mass is 31.2. The summed E-state index contributed by atoms with van der Waals surface area (Å²) in [6, 6.07) is 0. The van der Waals surface area contributed by atoms with Crippen molar-refractivity contribution in [3.05, 3.63) is 11.9 Å². The van der Waals surface area contributed by atoms with E-state index in [-0.39, 0.29) is 18.1 Å². The van der Waals surface area contributed by atoms with E-state index >= 15 is 0 Å². The van der Waals surface area contributed by atoms with Gasteiger partial charge in [0, 0.05) is 33.1 Å². The second kappa shape index (κ2) is 8.41. The fourth-order valence-electron chi connectivity index (χ4n) is 2.19. The van der Waals surface area contributed by atoms with Gasteiger partial charge in [-0.15, -0.1) is 0 Å². The number of ether oxygens (including phenoxy) is 4. The average Bonchev–Trinajstić information content (AvgIpc) is 2.84. The highest BCUT2D eigenvalue weighted by Crippen LogP contribution is 2.56. The Morgan fingerprint density at radius 3 is 1.92 bits per heavy atom. The van der Waals surface area contributed by atoms with Gasteiger partial charge in [-0.1, -0.05) is 6.92 Å². The SMILES string of the molecule is CO[C@H]1CO[C@H](/C=C/P(=O)(OC(C)(C)OC)OC(C)(C)OC)[C@H]1C. The minimum absolute atomic E-state index is 0.00621. The van der Waals surface area contributed by atoms with Gasteiger partial charge in [0.1, 0.15) is 0 Å². The zero-order chi connectivity index (χ0) is 18.6. The molecule has 0 spiro atoms. The highest BCUT2D eigenvalue weighted by Gasteiger charge is 2.38. The first-order valence-electron chi connectivity index (χ1n) is 7.93. The Bertz CT molecular complexity index is 453. The number of hydrogen-bond donors (Lipinski definition) is 0. The van der Waals surface area contributed by atoms with E-state index in [4.69, 9.17) is 28.0 Å². The fraction of sp³-hybridized carbons (Fsp3) is 0.875. The van der Waals surface area contributed by atoms with Gasteiger partial charge in [-0.3, -0.25) is 13.6 Å². The molecule has 0 N–H and O–H groups in total. The summed E-state index contributed by atoms with van der Waals surface area (Å²) in [6.07, 6.45) is 1.47. The van der Waals surface area contributed by atoms with Crippen molar-refractivity contribution in [2.24, 2.45) is 5.92 Å². The van der Waals surface area contributed by atoms with E-state index in [0.717, 1.165) is 0 Å². The lowest BCUT2D eigenvalue weighted by Gasteiger charge is -2.32. The minimum Gasteiger partial charge on any atom is -0.379 e. The van der Waals surface area contributed by atoms with Gasteiger partial charge < -0.3 is 18.9 Å². The number of methoxy groups -OCH3 is 3. The van der Waals surface area contributed by atoms with Crippen molar-refractivity contribution in [2.45, 2.75) is 58.4 Å². The maximum atomic E-state index is 13.2. The number of hydrogen-bond acceptors (Lipinski definition) is 7. The van der Waals surface area contributed by atoms with E-state index in [9.17, 15) is 4.57 Å². The topological polar surface area (TPSA) is 72.5 Å². The highest BCUT2D eigenvalue weighted by molar-refractivity contribution is 7.57. The molecule has 1 aliphatic heterocycles. The summed E-state index contributed by atoms with van der Waals surface area (Å²) in [7, 11) is 0.941. The predicted molar refractivity (Wildman–Crippen MR) is 90.8 cm³/mol. The van der Waals surface area contributed by atoms with E-state index in [2.05, 4.69) is 0 Å². The van der Waals surface area contributed by atoms with E-state index in [1.165, 1.54) is 20.0 Å². The molecule has 142 valence electrons. The third-order valence-corrected chi connectivity index (χ3v) is 5.92. The van der Waals surface area contributed by atoms with Crippen LogP contribution in [-0.4, -0.2) is 51.7 Å². The molecule has 8 heteroatoms. The first kappa shape index (κ1) is 21.8. The van der Waals surface area contributed by atoms with Crippen LogP contribution in [0.2, 0.25) is 0 Å². The normalized spacial score (nSPS) is 26.4. The molecule has 0 aliphatic carbocycles. The molecule has 0 aromatic heterocycles. The molecule has 3 atom stereocenters. The van der Waals surface area contributed by atoms with Crippen molar-refractivity contribution in [3.63, 3.8) is 0 Å². The van der Waals surface area contributed by atoms with Crippen molar-refractivity contribution < 1.29 is 32.6 Å². The van der Waals surface area contributed by atoms with Crippen molar-refractivity contribution in [1.29, 1.82) is 0 Å². The van der Waals surface area contributed by atoms with Gasteiger partial charge in [-0.2, -0.15) is 0 Å². The number of rotatable bonds is 9. The van der Waals surface area contributed by atoms with Crippen molar-refractivity contribution >= 4 is 7.60 Å². The Morgan fingerprint density at radius 2 is 1.54 bits per heavy atom. The average molecular weight is 366 g/mol. The van der Waals surface area contributed by atoms with Gasteiger partial charge in [0.2, 0.25) is 0 Å². The second-order valence-electron chi connectivity index (χ2n) is 6.70. The molecule has 0 aromatic rings. The molecule has 1 aliphatic rings. The van der Waals surface area contributed by atoms with Crippen LogP contribution in [0.25, 0.3) is 0 Å². The summed E-state index contributed by atoms with van der Waals surface area (Å²) in [6.45, 7) is 9.14. The molecular weight excluding hydrogens is 335 g/mol. The lowest BCUT2D eigenvalue weighted by atomic mass is 10.0. The molecule has 1 rings (SSSR count). The van der Waals surface area contributed by atoms with Gasteiger partial charge in [0.25, 0.3) is 0 Å². The molecule has 1 saturated heterocycles. The maximum Gasteiger partial charge on any atom is 0.358 e. The van der Waals surface area contributed by atoms with Crippen LogP contribution in [0, 0.1) is 5.92 Å². The largest absolute Gasteiger partial charge is 0.379 e. The van der Waals surface area contributed by atoms with Crippen LogP contribution in [0.15, 0.2) is 11.9 Å². The quantitative estimate of drug-likeness (QED) is 0.456. The van der Waals surface area contributed by atoms with Crippen LogP contribution in [0.1, 0.15) is 34.6 Å². The van der Waals surface area contributed by atoms with Gasteiger partial charge in [0.05, 0.1) is 18.8 Å².